The molecule has 1 amide bonds. The third kappa shape index (κ3) is 4.91. The van der Waals surface area contributed by atoms with Crippen LogP contribution in [0, 0.1) is 0 Å². The fourth-order valence-electron chi connectivity index (χ4n) is 3.02. The predicted octanol–water partition coefficient (Wildman–Crippen LogP) is 0.749. The quantitative estimate of drug-likeness (QED) is 0.683. The van der Waals surface area contributed by atoms with Crippen LogP contribution in [-0.2, 0) is 20.9 Å². The topological polar surface area (TPSA) is 81.1 Å². The minimum Gasteiger partial charge on any atom is -0.497 e. The van der Waals surface area contributed by atoms with Crippen LogP contribution in [-0.4, -0.2) is 61.2 Å². The molecule has 3 rings (SSSR count). The van der Waals surface area contributed by atoms with E-state index in [4.69, 9.17) is 9.47 Å². The molecule has 1 aromatic carbocycles. The molecular formula is C20H23N3O5. The van der Waals surface area contributed by atoms with Gasteiger partial charge >= 0.3 is 5.97 Å². The van der Waals surface area contributed by atoms with Crippen LogP contribution in [0.5, 0.6) is 5.75 Å². The van der Waals surface area contributed by atoms with E-state index in [1.807, 2.05) is 24.3 Å². The van der Waals surface area contributed by atoms with Crippen LogP contribution in [0.1, 0.15) is 0 Å². The number of anilines is 1. The van der Waals surface area contributed by atoms with Gasteiger partial charge in [-0.2, -0.15) is 0 Å². The molecule has 0 atom stereocenters. The van der Waals surface area contributed by atoms with Crippen molar-refractivity contribution in [3.63, 3.8) is 0 Å². The molecule has 0 saturated carbocycles. The fourth-order valence-corrected chi connectivity index (χ4v) is 3.02. The van der Waals surface area contributed by atoms with E-state index >= 15 is 0 Å². The van der Waals surface area contributed by atoms with Gasteiger partial charge in [0.25, 0.3) is 11.5 Å². The summed E-state index contributed by atoms with van der Waals surface area (Å²) in [7, 11) is 1.63. The average Bonchev–Trinajstić information content (AvgIpc) is 2.74. The lowest BCUT2D eigenvalue weighted by Crippen LogP contribution is -2.50. The highest BCUT2D eigenvalue weighted by Gasteiger charge is 2.22. The molecule has 8 heteroatoms. The molecule has 1 aliphatic rings. The molecule has 1 saturated heterocycles. The van der Waals surface area contributed by atoms with Gasteiger partial charge in [0.2, 0.25) is 0 Å². The summed E-state index contributed by atoms with van der Waals surface area (Å²) >= 11 is 0. The monoisotopic (exact) mass is 385 g/mol. The zero-order valence-electron chi connectivity index (χ0n) is 15.7. The fraction of sp³-hybridized carbons (Fsp3) is 0.350. The maximum absolute atomic E-state index is 12.3. The van der Waals surface area contributed by atoms with Gasteiger partial charge in [0.05, 0.1) is 7.11 Å². The molecule has 148 valence electrons. The van der Waals surface area contributed by atoms with Gasteiger partial charge in [0.15, 0.2) is 6.61 Å². The van der Waals surface area contributed by atoms with E-state index in [1.54, 1.807) is 24.1 Å². The average molecular weight is 385 g/mol. The van der Waals surface area contributed by atoms with Crippen LogP contribution in [0.25, 0.3) is 0 Å². The standard InChI is InChI=1S/C20H23N3O5/c1-27-17-7-5-16(6-8-17)21-10-12-22(13-11-21)19(25)15-28-20(26)14-23-9-3-2-4-18(23)24/h2-9H,10-15H2,1H3. The number of benzene rings is 1. The van der Waals surface area contributed by atoms with Crippen molar-refractivity contribution >= 4 is 17.6 Å². The highest BCUT2D eigenvalue weighted by atomic mass is 16.5. The highest BCUT2D eigenvalue weighted by molar-refractivity contribution is 5.80. The number of aromatic nitrogens is 1. The molecule has 1 aromatic heterocycles. The Morgan fingerprint density at radius 1 is 1.00 bits per heavy atom. The van der Waals surface area contributed by atoms with Crippen LogP contribution in [0.3, 0.4) is 0 Å². The van der Waals surface area contributed by atoms with Gasteiger partial charge < -0.3 is 23.8 Å². The number of piperazine rings is 1. The Balaban J connectivity index is 1.44. The first-order valence-corrected chi connectivity index (χ1v) is 9.04. The van der Waals surface area contributed by atoms with Crippen molar-refractivity contribution in [2.45, 2.75) is 6.54 Å². The number of hydrogen-bond acceptors (Lipinski definition) is 6. The number of nitrogens with zero attached hydrogens (tertiary/aromatic N) is 3. The number of amides is 1. The van der Waals surface area contributed by atoms with Gasteiger partial charge in [-0.05, 0) is 30.3 Å². The van der Waals surface area contributed by atoms with Gasteiger partial charge in [0, 0.05) is 44.1 Å². The molecule has 0 spiro atoms. The number of pyridine rings is 1. The summed E-state index contributed by atoms with van der Waals surface area (Å²) in [5.41, 5.74) is 0.785. The summed E-state index contributed by atoms with van der Waals surface area (Å²) in [6.45, 7) is 1.99. The smallest absolute Gasteiger partial charge is 0.326 e. The Kier molecular flexibility index (Phi) is 6.31. The van der Waals surface area contributed by atoms with Gasteiger partial charge in [-0.3, -0.25) is 14.4 Å². The molecule has 8 nitrogen and oxygen atoms in total. The highest BCUT2D eigenvalue weighted by Crippen LogP contribution is 2.20. The summed E-state index contributed by atoms with van der Waals surface area (Å²) in [6.07, 6.45) is 1.50. The van der Waals surface area contributed by atoms with Gasteiger partial charge in [-0.15, -0.1) is 0 Å². The van der Waals surface area contributed by atoms with E-state index < -0.39 is 5.97 Å². The molecule has 0 aliphatic carbocycles. The zero-order valence-corrected chi connectivity index (χ0v) is 15.7. The largest absolute Gasteiger partial charge is 0.497 e. The second kappa shape index (κ2) is 9.07. The predicted molar refractivity (Wildman–Crippen MR) is 103 cm³/mol. The van der Waals surface area contributed by atoms with Crippen molar-refractivity contribution in [1.29, 1.82) is 0 Å². The van der Waals surface area contributed by atoms with Gasteiger partial charge in [-0.25, -0.2) is 0 Å². The Morgan fingerprint density at radius 2 is 1.71 bits per heavy atom. The van der Waals surface area contributed by atoms with Crippen molar-refractivity contribution in [3.05, 3.63) is 59.0 Å². The SMILES string of the molecule is COc1ccc(N2CCN(C(=O)COC(=O)Cn3ccccc3=O)CC2)cc1. The maximum atomic E-state index is 12.3. The first-order chi connectivity index (χ1) is 13.6. The third-order valence-corrected chi connectivity index (χ3v) is 4.63. The molecule has 0 bridgehead atoms. The number of esters is 1. The van der Waals surface area contributed by atoms with Crippen LogP contribution in [0.4, 0.5) is 5.69 Å². The Hall–Kier alpha value is -3.29. The maximum Gasteiger partial charge on any atom is 0.326 e. The van der Waals surface area contributed by atoms with E-state index in [9.17, 15) is 14.4 Å². The molecule has 1 fully saturated rings. The second-order valence-corrected chi connectivity index (χ2v) is 6.39. The minimum atomic E-state index is -0.612. The van der Waals surface area contributed by atoms with Crippen molar-refractivity contribution in [3.8, 4) is 5.75 Å². The Labute approximate surface area is 162 Å². The Morgan fingerprint density at radius 3 is 2.36 bits per heavy atom. The number of carbonyl (C=O) groups excluding carboxylic acids is 2. The van der Waals surface area contributed by atoms with Crippen LogP contribution >= 0.6 is 0 Å². The van der Waals surface area contributed by atoms with E-state index in [1.165, 1.54) is 16.8 Å². The summed E-state index contributed by atoms with van der Waals surface area (Å²) < 4.78 is 11.4. The molecule has 0 N–H and O–H groups in total. The van der Waals surface area contributed by atoms with Crippen LogP contribution in [0.15, 0.2) is 53.5 Å². The van der Waals surface area contributed by atoms with Crippen LogP contribution in [0.2, 0.25) is 0 Å². The van der Waals surface area contributed by atoms with Gasteiger partial charge in [0.1, 0.15) is 12.3 Å². The van der Waals surface area contributed by atoms with Gasteiger partial charge in [-0.1, -0.05) is 6.07 Å². The summed E-state index contributed by atoms with van der Waals surface area (Å²) in [5, 5.41) is 0. The van der Waals surface area contributed by atoms with Crippen LogP contribution < -0.4 is 15.2 Å². The summed E-state index contributed by atoms with van der Waals surface area (Å²) in [6, 6.07) is 12.4. The molecule has 0 unspecified atom stereocenters. The van der Waals surface area contributed by atoms with E-state index in [0.717, 1.165) is 11.4 Å². The number of carbonyl (C=O) groups is 2. The zero-order chi connectivity index (χ0) is 19.9. The summed E-state index contributed by atoms with van der Waals surface area (Å²) in [4.78, 5) is 39.6. The lowest BCUT2D eigenvalue weighted by molar-refractivity contribution is -0.152. The Bertz CT molecular complexity index is 870. The van der Waals surface area contributed by atoms with Crippen molar-refractivity contribution in [1.82, 2.24) is 9.47 Å². The van der Waals surface area contributed by atoms with Crippen molar-refractivity contribution < 1.29 is 19.1 Å². The van der Waals surface area contributed by atoms with E-state index in [-0.39, 0.29) is 24.6 Å². The van der Waals surface area contributed by atoms with E-state index in [2.05, 4.69) is 4.90 Å². The molecule has 1 aliphatic heterocycles. The second-order valence-electron chi connectivity index (χ2n) is 6.39. The molecule has 2 aromatic rings. The minimum absolute atomic E-state index is 0.210. The number of methoxy groups -OCH3 is 1. The number of hydrogen-bond donors (Lipinski definition) is 0. The molecule has 0 radical (unpaired) electrons. The lowest BCUT2D eigenvalue weighted by Gasteiger charge is -2.36. The molecular weight excluding hydrogens is 362 g/mol. The van der Waals surface area contributed by atoms with E-state index in [0.29, 0.717) is 26.2 Å². The van der Waals surface area contributed by atoms with Crippen molar-refractivity contribution in [2.75, 3.05) is 44.8 Å². The molecule has 2 heterocycles. The summed E-state index contributed by atoms with van der Waals surface area (Å²) in [5.74, 6) is -0.0428. The number of rotatable bonds is 6. The van der Waals surface area contributed by atoms with Crippen molar-refractivity contribution in [2.24, 2.45) is 0 Å². The normalized spacial score (nSPS) is 13.9. The third-order valence-electron chi connectivity index (χ3n) is 4.63. The lowest BCUT2D eigenvalue weighted by atomic mass is 10.2. The first kappa shape index (κ1) is 19.5. The number of ether oxygens (including phenoxy) is 2. The first-order valence-electron chi connectivity index (χ1n) is 9.04. The molecule has 28 heavy (non-hydrogen) atoms.